The summed E-state index contributed by atoms with van der Waals surface area (Å²) in [5.41, 5.74) is 4.82. The highest BCUT2D eigenvalue weighted by molar-refractivity contribution is 14.2. The maximum absolute atomic E-state index is 9.94. The second-order valence-electron chi connectivity index (χ2n) is 8.95. The third-order valence-electron chi connectivity index (χ3n) is 6.62. The van der Waals surface area contributed by atoms with Gasteiger partial charge >= 0.3 is 0 Å². The Balaban J connectivity index is 1.87. The molecule has 0 aliphatic rings. The third kappa shape index (κ3) is 4.52. The Morgan fingerprint density at radius 1 is 0.471 bits per heavy atom. The van der Waals surface area contributed by atoms with Crippen LogP contribution in [0.4, 0.5) is 0 Å². The molecular formula is C29H26I2O3. The summed E-state index contributed by atoms with van der Waals surface area (Å²) in [6.07, 6.45) is 0. The van der Waals surface area contributed by atoms with Crippen LogP contribution in [0.15, 0.2) is 97.1 Å². The molecule has 34 heavy (non-hydrogen) atoms. The maximum atomic E-state index is 9.94. The standard InChI is InChI=1S/C29H26I2O3/c1-28(2,20-7-13-24(32)14-8-20)19-3-5-21(6-4-19)29(27(30)31,22-9-15-25(33)16-10-22)23-11-17-26(34)18-12-23/h3-18,27,32-34H,1-2H3. The molecule has 174 valence electrons. The molecule has 0 atom stereocenters. The van der Waals surface area contributed by atoms with Gasteiger partial charge in [-0.3, -0.25) is 0 Å². The minimum atomic E-state index is -0.496. The molecule has 0 radical (unpaired) electrons. The molecule has 0 aliphatic heterocycles. The van der Waals surface area contributed by atoms with Crippen LogP contribution in [0.1, 0.15) is 41.7 Å². The second-order valence-corrected chi connectivity index (χ2v) is 13.8. The summed E-state index contributed by atoms with van der Waals surface area (Å²) in [6.45, 7) is 4.36. The fraction of sp³-hybridized carbons (Fsp3) is 0.172. The Morgan fingerprint density at radius 3 is 1.00 bits per heavy atom. The van der Waals surface area contributed by atoms with Gasteiger partial charge in [0.25, 0.3) is 0 Å². The summed E-state index contributed by atoms with van der Waals surface area (Å²) in [6, 6.07) is 30.9. The Morgan fingerprint density at radius 2 is 0.706 bits per heavy atom. The van der Waals surface area contributed by atoms with Crippen LogP contribution in [0, 0.1) is 0 Å². The molecule has 0 bridgehead atoms. The number of aromatic hydroxyl groups is 3. The van der Waals surface area contributed by atoms with Crippen LogP contribution in [-0.4, -0.2) is 17.3 Å². The fourth-order valence-electron chi connectivity index (χ4n) is 4.52. The number of phenols is 3. The average Bonchev–Trinajstić information content (AvgIpc) is 2.82. The lowest BCUT2D eigenvalue weighted by Gasteiger charge is -2.38. The van der Waals surface area contributed by atoms with E-state index in [0.717, 1.165) is 22.3 Å². The maximum Gasteiger partial charge on any atom is 0.115 e. The molecule has 3 N–H and O–H groups in total. The highest BCUT2D eigenvalue weighted by atomic mass is 127. The van der Waals surface area contributed by atoms with Gasteiger partial charge in [0.2, 0.25) is 0 Å². The van der Waals surface area contributed by atoms with Gasteiger partial charge in [-0.05, 0) is 64.2 Å². The SMILES string of the molecule is CC(C)(c1ccc(O)cc1)c1ccc(C(c2ccc(O)cc2)(c2ccc(O)cc2)C(I)I)cc1. The molecule has 0 unspecified atom stereocenters. The predicted octanol–water partition coefficient (Wildman–Crippen LogP) is 7.66. The molecule has 4 aromatic carbocycles. The van der Waals surface area contributed by atoms with E-state index in [1.807, 2.05) is 36.4 Å². The van der Waals surface area contributed by atoms with Gasteiger partial charge in [-0.2, -0.15) is 0 Å². The van der Waals surface area contributed by atoms with E-state index in [1.54, 1.807) is 36.4 Å². The lowest BCUT2D eigenvalue weighted by Crippen LogP contribution is -2.35. The normalized spacial score (nSPS) is 12.1. The van der Waals surface area contributed by atoms with Crippen LogP contribution in [0.5, 0.6) is 17.2 Å². The van der Waals surface area contributed by atoms with Crippen LogP contribution in [0.3, 0.4) is 0 Å². The highest BCUT2D eigenvalue weighted by Gasteiger charge is 2.42. The zero-order valence-corrected chi connectivity index (χ0v) is 23.2. The molecule has 0 amide bonds. The van der Waals surface area contributed by atoms with Gasteiger partial charge in [-0.1, -0.05) is 120 Å². The minimum absolute atomic E-state index is 0.132. The Hall–Kier alpha value is -2.26. The van der Waals surface area contributed by atoms with Crippen molar-refractivity contribution in [2.75, 3.05) is 0 Å². The van der Waals surface area contributed by atoms with Crippen LogP contribution >= 0.6 is 45.2 Å². The van der Waals surface area contributed by atoms with Crippen molar-refractivity contribution in [3.05, 3.63) is 125 Å². The van der Waals surface area contributed by atoms with E-state index in [1.165, 1.54) is 5.56 Å². The topological polar surface area (TPSA) is 60.7 Å². The number of hydrogen-bond donors (Lipinski definition) is 3. The molecule has 0 saturated heterocycles. The van der Waals surface area contributed by atoms with Crippen molar-refractivity contribution < 1.29 is 15.3 Å². The van der Waals surface area contributed by atoms with E-state index < -0.39 is 5.41 Å². The van der Waals surface area contributed by atoms with Gasteiger partial charge in [-0.25, -0.2) is 0 Å². The first-order chi connectivity index (χ1) is 16.2. The number of phenolic OH excluding ortho intramolecular Hbond substituents is 3. The lowest BCUT2D eigenvalue weighted by molar-refractivity contribution is 0.473. The molecule has 0 spiro atoms. The monoisotopic (exact) mass is 676 g/mol. The molecule has 5 heteroatoms. The van der Waals surface area contributed by atoms with E-state index in [-0.39, 0.29) is 24.6 Å². The molecule has 0 heterocycles. The van der Waals surface area contributed by atoms with Crippen molar-refractivity contribution in [3.63, 3.8) is 0 Å². The van der Waals surface area contributed by atoms with E-state index in [0.29, 0.717) is 0 Å². The minimum Gasteiger partial charge on any atom is -0.508 e. The summed E-state index contributed by atoms with van der Waals surface area (Å²) in [5, 5.41) is 29.6. The Bertz CT molecular complexity index is 1200. The molecule has 0 aromatic heterocycles. The molecule has 4 aromatic rings. The summed E-state index contributed by atoms with van der Waals surface area (Å²) < 4.78 is 0.132. The quantitative estimate of drug-likeness (QED) is 0.112. The highest BCUT2D eigenvalue weighted by Crippen LogP contribution is 2.49. The molecule has 0 saturated carbocycles. The van der Waals surface area contributed by atoms with E-state index in [9.17, 15) is 15.3 Å². The zero-order chi connectivity index (χ0) is 24.5. The van der Waals surface area contributed by atoms with Crippen molar-refractivity contribution in [2.24, 2.45) is 0 Å². The van der Waals surface area contributed by atoms with Crippen molar-refractivity contribution in [1.29, 1.82) is 0 Å². The number of halogens is 2. The van der Waals surface area contributed by atoms with Crippen LogP contribution < -0.4 is 0 Å². The zero-order valence-electron chi connectivity index (χ0n) is 18.9. The van der Waals surface area contributed by atoms with E-state index in [2.05, 4.69) is 83.3 Å². The predicted molar refractivity (Wildman–Crippen MR) is 155 cm³/mol. The smallest absolute Gasteiger partial charge is 0.115 e. The third-order valence-corrected chi connectivity index (χ3v) is 8.49. The first kappa shape index (κ1) is 24.9. The number of hydrogen-bond acceptors (Lipinski definition) is 3. The van der Waals surface area contributed by atoms with Gasteiger partial charge in [0.05, 0.1) is 7.35 Å². The van der Waals surface area contributed by atoms with Gasteiger partial charge in [0.15, 0.2) is 0 Å². The molecule has 0 fully saturated rings. The average molecular weight is 676 g/mol. The Labute approximate surface area is 227 Å². The molecule has 4 rings (SSSR count). The molecule has 0 aliphatic carbocycles. The van der Waals surface area contributed by atoms with Gasteiger partial charge in [0.1, 0.15) is 17.2 Å². The number of alkyl halides is 2. The first-order valence-corrected chi connectivity index (χ1v) is 13.4. The van der Waals surface area contributed by atoms with Crippen molar-refractivity contribution in [2.45, 2.75) is 26.6 Å². The molecule has 3 nitrogen and oxygen atoms in total. The van der Waals surface area contributed by atoms with Crippen LogP contribution in [-0.2, 0) is 10.8 Å². The summed E-state index contributed by atoms with van der Waals surface area (Å²) in [4.78, 5) is 0. The first-order valence-electron chi connectivity index (χ1n) is 10.9. The summed E-state index contributed by atoms with van der Waals surface area (Å²) >= 11 is 4.92. The fourth-order valence-corrected chi connectivity index (χ4v) is 6.68. The molecular weight excluding hydrogens is 650 g/mol. The van der Waals surface area contributed by atoms with Gasteiger partial charge in [0, 0.05) is 5.41 Å². The van der Waals surface area contributed by atoms with E-state index >= 15 is 0 Å². The number of rotatable bonds is 6. The second kappa shape index (κ2) is 9.77. The van der Waals surface area contributed by atoms with Crippen LogP contribution in [0.25, 0.3) is 0 Å². The van der Waals surface area contributed by atoms with Crippen molar-refractivity contribution in [1.82, 2.24) is 0 Å². The van der Waals surface area contributed by atoms with Crippen molar-refractivity contribution >= 4 is 45.2 Å². The summed E-state index contributed by atoms with van der Waals surface area (Å²) in [5.74, 6) is 0.721. The summed E-state index contributed by atoms with van der Waals surface area (Å²) in [7, 11) is 0. The van der Waals surface area contributed by atoms with Crippen LogP contribution in [0.2, 0.25) is 0 Å². The lowest BCUT2D eigenvalue weighted by atomic mass is 9.70. The van der Waals surface area contributed by atoms with Gasteiger partial charge in [-0.15, -0.1) is 0 Å². The van der Waals surface area contributed by atoms with Crippen molar-refractivity contribution in [3.8, 4) is 17.2 Å². The largest absolute Gasteiger partial charge is 0.508 e. The van der Waals surface area contributed by atoms with Gasteiger partial charge < -0.3 is 15.3 Å². The number of benzene rings is 4. The van der Waals surface area contributed by atoms with E-state index in [4.69, 9.17) is 0 Å². The Kier molecular flexibility index (Phi) is 7.14.